The lowest BCUT2D eigenvalue weighted by Crippen LogP contribution is -2.60. The average molecular weight is 278 g/mol. The molecule has 1 aliphatic heterocycles. The van der Waals surface area contributed by atoms with E-state index in [1.54, 1.807) is 0 Å². The molecule has 4 atom stereocenters. The van der Waals surface area contributed by atoms with E-state index in [1.807, 2.05) is 0 Å². The first-order valence-corrected chi connectivity index (χ1v) is 9.13. The molecule has 0 aromatic heterocycles. The van der Waals surface area contributed by atoms with Gasteiger partial charge in [0.25, 0.3) is 0 Å². The molecule has 0 radical (unpaired) electrons. The van der Waals surface area contributed by atoms with Crippen LogP contribution in [0.4, 0.5) is 0 Å². The van der Waals surface area contributed by atoms with Crippen LogP contribution >= 0.6 is 0 Å². The number of hydrogen-bond acceptors (Lipinski definition) is 2. The first-order valence-electron chi connectivity index (χ1n) is 9.13. The molecule has 116 valence electrons. The smallest absolute Gasteiger partial charge is 0.0151 e. The number of hydrogen-bond donors (Lipinski definition) is 1. The summed E-state index contributed by atoms with van der Waals surface area (Å²) in [6.45, 7) is 9.86. The van der Waals surface area contributed by atoms with Crippen LogP contribution in [-0.2, 0) is 0 Å². The van der Waals surface area contributed by atoms with Crippen LogP contribution < -0.4 is 5.32 Å². The van der Waals surface area contributed by atoms with Crippen LogP contribution in [0.15, 0.2) is 0 Å². The van der Waals surface area contributed by atoms with E-state index in [2.05, 4.69) is 31.0 Å². The first kappa shape index (κ1) is 14.8. The highest BCUT2D eigenvalue weighted by Gasteiger charge is 2.40. The Morgan fingerprint density at radius 3 is 2.20 bits per heavy atom. The third-order valence-electron chi connectivity index (χ3n) is 6.20. The molecule has 1 N–H and O–H groups in total. The number of nitrogens with one attached hydrogen (secondary N) is 1. The molecule has 4 unspecified atom stereocenters. The number of likely N-dealkylation sites (tertiary alicyclic amines) is 1. The van der Waals surface area contributed by atoms with Gasteiger partial charge < -0.3 is 10.2 Å². The van der Waals surface area contributed by atoms with Gasteiger partial charge in [0.15, 0.2) is 0 Å². The second-order valence-corrected chi connectivity index (χ2v) is 8.16. The highest BCUT2D eigenvalue weighted by atomic mass is 15.2. The van der Waals surface area contributed by atoms with Gasteiger partial charge in [-0.05, 0) is 57.3 Å². The normalized spacial score (nSPS) is 42.9. The second kappa shape index (κ2) is 6.36. The standard InChI is InChI=1S/C18H34N2/c1-13(2)20-11-15-7-5-8-16(12-20)18(15)19-17-9-4-6-14(3)10-17/h13-19H,4-12H2,1-3H3. The largest absolute Gasteiger partial charge is 0.311 e. The number of nitrogens with zero attached hydrogens (tertiary/aromatic N) is 1. The molecule has 0 amide bonds. The Labute approximate surface area is 125 Å². The third-order valence-corrected chi connectivity index (χ3v) is 6.20. The van der Waals surface area contributed by atoms with Crippen molar-refractivity contribution in [3.8, 4) is 0 Å². The summed E-state index contributed by atoms with van der Waals surface area (Å²) in [6.07, 6.45) is 10.1. The third kappa shape index (κ3) is 3.22. The van der Waals surface area contributed by atoms with Gasteiger partial charge in [-0.1, -0.05) is 26.2 Å². The fourth-order valence-corrected chi connectivity index (χ4v) is 5.02. The van der Waals surface area contributed by atoms with Crippen molar-refractivity contribution >= 4 is 0 Å². The lowest BCUT2D eigenvalue weighted by Gasteiger charge is -2.50. The summed E-state index contributed by atoms with van der Waals surface area (Å²) in [5.74, 6) is 2.78. The molecule has 3 rings (SSSR count). The lowest BCUT2D eigenvalue weighted by atomic mass is 9.72. The van der Waals surface area contributed by atoms with Crippen molar-refractivity contribution < 1.29 is 0 Å². The van der Waals surface area contributed by atoms with Crippen LogP contribution in [0.2, 0.25) is 0 Å². The van der Waals surface area contributed by atoms with E-state index in [1.165, 1.54) is 58.0 Å². The van der Waals surface area contributed by atoms with Gasteiger partial charge in [-0.2, -0.15) is 0 Å². The van der Waals surface area contributed by atoms with Crippen LogP contribution in [0.5, 0.6) is 0 Å². The maximum atomic E-state index is 4.12. The van der Waals surface area contributed by atoms with Crippen molar-refractivity contribution in [1.82, 2.24) is 10.2 Å². The molecule has 3 fully saturated rings. The zero-order chi connectivity index (χ0) is 14.1. The molecule has 1 heterocycles. The van der Waals surface area contributed by atoms with E-state index in [0.717, 1.165) is 35.9 Å². The molecule has 2 aliphatic carbocycles. The summed E-state index contributed by atoms with van der Waals surface area (Å²) >= 11 is 0. The van der Waals surface area contributed by atoms with E-state index in [-0.39, 0.29) is 0 Å². The van der Waals surface area contributed by atoms with Crippen LogP contribution in [0.25, 0.3) is 0 Å². The molecule has 0 spiro atoms. The van der Waals surface area contributed by atoms with E-state index in [9.17, 15) is 0 Å². The first-order chi connectivity index (χ1) is 9.63. The van der Waals surface area contributed by atoms with Crippen LogP contribution in [-0.4, -0.2) is 36.1 Å². The average Bonchev–Trinajstić information content (AvgIpc) is 2.38. The van der Waals surface area contributed by atoms with Crippen molar-refractivity contribution in [1.29, 1.82) is 0 Å². The SMILES string of the molecule is CC1CCCC(NC2C3CCCC2CN(C(C)C)C3)C1. The predicted octanol–water partition coefficient (Wildman–Crippen LogP) is 3.66. The summed E-state index contributed by atoms with van der Waals surface area (Å²) in [7, 11) is 0. The van der Waals surface area contributed by atoms with Crippen molar-refractivity contribution in [2.45, 2.75) is 83.8 Å². The van der Waals surface area contributed by atoms with Crippen molar-refractivity contribution in [3.05, 3.63) is 0 Å². The molecule has 3 aliphatic rings. The molecule has 2 bridgehead atoms. The van der Waals surface area contributed by atoms with Gasteiger partial charge in [-0.25, -0.2) is 0 Å². The molecular weight excluding hydrogens is 244 g/mol. The Bertz CT molecular complexity index is 301. The van der Waals surface area contributed by atoms with E-state index >= 15 is 0 Å². The summed E-state index contributed by atoms with van der Waals surface area (Å²) < 4.78 is 0. The maximum Gasteiger partial charge on any atom is 0.0151 e. The number of rotatable bonds is 3. The van der Waals surface area contributed by atoms with Gasteiger partial charge in [0, 0.05) is 31.2 Å². The highest BCUT2D eigenvalue weighted by Crippen LogP contribution is 2.37. The zero-order valence-electron chi connectivity index (χ0n) is 13.8. The molecule has 0 aromatic carbocycles. The Hall–Kier alpha value is -0.0800. The van der Waals surface area contributed by atoms with Crippen molar-refractivity contribution in [2.75, 3.05) is 13.1 Å². The minimum absolute atomic E-state index is 0.730. The Morgan fingerprint density at radius 1 is 0.950 bits per heavy atom. The van der Waals surface area contributed by atoms with Gasteiger partial charge in [0.2, 0.25) is 0 Å². The van der Waals surface area contributed by atoms with Gasteiger partial charge in [-0.3, -0.25) is 0 Å². The quantitative estimate of drug-likeness (QED) is 0.847. The monoisotopic (exact) mass is 278 g/mol. The molecule has 2 saturated carbocycles. The van der Waals surface area contributed by atoms with Crippen molar-refractivity contribution in [3.63, 3.8) is 0 Å². The van der Waals surface area contributed by atoms with Gasteiger partial charge >= 0.3 is 0 Å². The molecule has 20 heavy (non-hydrogen) atoms. The molecule has 1 saturated heterocycles. The predicted molar refractivity (Wildman–Crippen MR) is 85.9 cm³/mol. The van der Waals surface area contributed by atoms with Gasteiger partial charge in [-0.15, -0.1) is 0 Å². The van der Waals surface area contributed by atoms with E-state index in [4.69, 9.17) is 0 Å². The fraction of sp³-hybridized carbons (Fsp3) is 1.00. The van der Waals surface area contributed by atoms with Crippen LogP contribution in [0.3, 0.4) is 0 Å². The molecule has 0 aromatic rings. The minimum Gasteiger partial charge on any atom is -0.311 e. The Morgan fingerprint density at radius 2 is 1.60 bits per heavy atom. The van der Waals surface area contributed by atoms with Crippen LogP contribution in [0, 0.1) is 17.8 Å². The topological polar surface area (TPSA) is 15.3 Å². The molecular formula is C18H34N2. The zero-order valence-corrected chi connectivity index (χ0v) is 13.8. The fourth-order valence-electron chi connectivity index (χ4n) is 5.02. The second-order valence-electron chi connectivity index (χ2n) is 8.16. The summed E-state index contributed by atoms with van der Waals surface area (Å²) in [5.41, 5.74) is 0. The highest BCUT2D eigenvalue weighted by molar-refractivity contribution is 4.97. The van der Waals surface area contributed by atoms with Crippen molar-refractivity contribution in [2.24, 2.45) is 17.8 Å². The lowest BCUT2D eigenvalue weighted by molar-refractivity contribution is 0.0217. The molecule has 2 heteroatoms. The Kier molecular flexibility index (Phi) is 4.72. The summed E-state index contributed by atoms with van der Waals surface area (Å²) in [4.78, 5) is 2.73. The van der Waals surface area contributed by atoms with Gasteiger partial charge in [0.1, 0.15) is 0 Å². The van der Waals surface area contributed by atoms with E-state index < -0.39 is 0 Å². The summed E-state index contributed by atoms with van der Waals surface area (Å²) in [6, 6.07) is 2.38. The number of fused-ring (bicyclic) bond motifs is 2. The Balaban J connectivity index is 1.61. The maximum absolute atomic E-state index is 4.12. The summed E-state index contributed by atoms with van der Waals surface area (Å²) in [5, 5.41) is 4.12. The van der Waals surface area contributed by atoms with E-state index in [0.29, 0.717) is 0 Å². The molecule has 2 nitrogen and oxygen atoms in total. The minimum atomic E-state index is 0.730. The number of piperidine rings is 1. The van der Waals surface area contributed by atoms with Crippen LogP contribution in [0.1, 0.15) is 65.7 Å². The van der Waals surface area contributed by atoms with Gasteiger partial charge in [0.05, 0.1) is 0 Å².